The maximum absolute atomic E-state index is 5.57. The fraction of sp³-hybridized carbons (Fsp3) is 0.250. The molecule has 5 nitrogen and oxygen atoms in total. The van der Waals surface area contributed by atoms with E-state index < -0.39 is 0 Å². The highest BCUT2D eigenvalue weighted by Crippen LogP contribution is 2.14. The number of rotatable bonds is 2. The number of aromatic amines is 1. The first kappa shape index (κ1) is 11.2. The maximum atomic E-state index is 5.57. The van der Waals surface area contributed by atoms with Crippen molar-refractivity contribution >= 4 is 23.4 Å². The molecule has 0 fully saturated rings. The van der Waals surface area contributed by atoms with Gasteiger partial charge in [0.15, 0.2) is 10.4 Å². The fourth-order valence-electron chi connectivity index (χ4n) is 1.88. The molecular weight excluding hydrogens is 248 g/mol. The molecule has 3 aromatic rings. The predicted octanol–water partition coefficient (Wildman–Crippen LogP) is 2.75. The molecule has 0 amide bonds. The minimum Gasteiger partial charge on any atom is -0.444 e. The number of nitrogens with one attached hydrogen (secondary N) is 1. The normalized spacial score (nSPS) is 11.2. The Balaban J connectivity index is 2.09. The number of aromatic nitrogens is 4. The second kappa shape index (κ2) is 4.06. The van der Waals surface area contributed by atoms with Gasteiger partial charge in [0, 0.05) is 6.20 Å². The summed E-state index contributed by atoms with van der Waals surface area (Å²) in [6, 6.07) is 3.82. The Hall–Kier alpha value is -1.95. The Bertz CT molecular complexity index is 748. The Morgan fingerprint density at radius 1 is 1.44 bits per heavy atom. The summed E-state index contributed by atoms with van der Waals surface area (Å²) in [6.07, 6.45) is 1.74. The fourth-order valence-corrected chi connectivity index (χ4v) is 2.14. The molecule has 0 saturated heterocycles. The van der Waals surface area contributed by atoms with Gasteiger partial charge in [-0.3, -0.25) is 4.57 Å². The van der Waals surface area contributed by atoms with Gasteiger partial charge in [-0.1, -0.05) is 0 Å². The van der Waals surface area contributed by atoms with Crippen LogP contribution in [-0.2, 0) is 6.54 Å². The second-order valence-corrected chi connectivity index (χ2v) is 4.53. The highest BCUT2D eigenvalue weighted by molar-refractivity contribution is 7.71. The summed E-state index contributed by atoms with van der Waals surface area (Å²) < 4.78 is 8.08. The number of nitrogens with zero attached hydrogens (tertiary/aromatic N) is 3. The third kappa shape index (κ3) is 1.74. The lowest BCUT2D eigenvalue weighted by Crippen LogP contribution is -2.01. The predicted molar refractivity (Wildman–Crippen MR) is 70.0 cm³/mol. The van der Waals surface area contributed by atoms with E-state index in [9.17, 15) is 0 Å². The van der Waals surface area contributed by atoms with E-state index in [0.717, 1.165) is 22.6 Å². The summed E-state index contributed by atoms with van der Waals surface area (Å²) in [5.74, 6) is 1.48. The van der Waals surface area contributed by atoms with Gasteiger partial charge in [-0.25, -0.2) is 9.97 Å². The summed E-state index contributed by atoms with van der Waals surface area (Å²) in [7, 11) is 0. The monoisotopic (exact) mass is 260 g/mol. The molecule has 0 unspecified atom stereocenters. The van der Waals surface area contributed by atoms with E-state index in [1.807, 2.05) is 30.5 Å². The van der Waals surface area contributed by atoms with Crippen molar-refractivity contribution in [3.8, 4) is 0 Å². The molecule has 1 N–H and O–H groups in total. The maximum Gasteiger partial charge on any atom is 0.214 e. The second-order valence-electron chi connectivity index (χ2n) is 4.14. The van der Waals surface area contributed by atoms with Crippen molar-refractivity contribution in [2.24, 2.45) is 0 Å². The third-order valence-electron chi connectivity index (χ3n) is 2.90. The number of aryl methyl sites for hydroxylation is 2. The number of fused-ring (bicyclic) bond motifs is 1. The Kier molecular flexibility index (Phi) is 2.52. The first-order valence-electron chi connectivity index (χ1n) is 5.61. The Labute approximate surface area is 108 Å². The SMILES string of the molecule is Cc1nc(Cn2c(=S)[nH]c3cccnc32)oc1C. The molecule has 0 aliphatic rings. The molecule has 6 heteroatoms. The van der Waals surface area contributed by atoms with Gasteiger partial charge >= 0.3 is 0 Å². The molecule has 0 aromatic carbocycles. The van der Waals surface area contributed by atoms with E-state index in [0.29, 0.717) is 17.2 Å². The van der Waals surface area contributed by atoms with E-state index in [1.54, 1.807) is 6.20 Å². The highest BCUT2D eigenvalue weighted by Gasteiger charge is 2.10. The van der Waals surface area contributed by atoms with Crippen LogP contribution in [0.1, 0.15) is 17.3 Å². The van der Waals surface area contributed by atoms with E-state index in [2.05, 4.69) is 15.0 Å². The van der Waals surface area contributed by atoms with E-state index in [1.165, 1.54) is 0 Å². The molecule has 0 radical (unpaired) electrons. The number of H-pyrrole nitrogens is 1. The molecule has 0 aliphatic carbocycles. The molecule has 0 aliphatic heterocycles. The lowest BCUT2D eigenvalue weighted by atomic mass is 10.4. The van der Waals surface area contributed by atoms with Crippen LogP contribution in [0.5, 0.6) is 0 Å². The van der Waals surface area contributed by atoms with E-state index in [4.69, 9.17) is 16.6 Å². The first-order chi connectivity index (χ1) is 8.65. The third-order valence-corrected chi connectivity index (χ3v) is 3.22. The largest absolute Gasteiger partial charge is 0.444 e. The van der Waals surface area contributed by atoms with Gasteiger partial charge in [0.05, 0.1) is 11.2 Å². The van der Waals surface area contributed by atoms with Crippen LogP contribution in [0, 0.1) is 18.6 Å². The van der Waals surface area contributed by atoms with Crippen molar-refractivity contribution in [3.63, 3.8) is 0 Å². The van der Waals surface area contributed by atoms with Crippen LogP contribution in [0.25, 0.3) is 11.2 Å². The zero-order valence-electron chi connectivity index (χ0n) is 10.1. The zero-order valence-corrected chi connectivity index (χ0v) is 10.9. The zero-order chi connectivity index (χ0) is 12.7. The van der Waals surface area contributed by atoms with Gasteiger partial charge < -0.3 is 9.40 Å². The molecule has 3 rings (SSSR count). The molecule has 3 heterocycles. The minimum absolute atomic E-state index is 0.491. The van der Waals surface area contributed by atoms with Gasteiger partial charge in [-0.05, 0) is 38.2 Å². The lowest BCUT2D eigenvalue weighted by molar-refractivity contribution is 0.458. The van der Waals surface area contributed by atoms with Crippen LogP contribution in [0.4, 0.5) is 0 Å². The topological polar surface area (TPSA) is 59.6 Å². The van der Waals surface area contributed by atoms with Crippen LogP contribution in [0.2, 0.25) is 0 Å². The van der Waals surface area contributed by atoms with Crippen LogP contribution >= 0.6 is 12.2 Å². The van der Waals surface area contributed by atoms with Gasteiger partial charge in [0.25, 0.3) is 0 Å². The quantitative estimate of drug-likeness (QED) is 0.720. The number of hydrogen-bond donors (Lipinski definition) is 1. The summed E-state index contributed by atoms with van der Waals surface area (Å²) in [5, 5.41) is 0. The molecule has 0 saturated carbocycles. The minimum atomic E-state index is 0.491. The Morgan fingerprint density at radius 3 is 3.00 bits per heavy atom. The van der Waals surface area contributed by atoms with Crippen LogP contribution in [0.15, 0.2) is 22.7 Å². The van der Waals surface area contributed by atoms with Crippen LogP contribution < -0.4 is 0 Å². The molecular formula is C12H12N4OS. The smallest absolute Gasteiger partial charge is 0.214 e. The average molecular weight is 260 g/mol. The van der Waals surface area contributed by atoms with Crippen molar-refractivity contribution in [2.75, 3.05) is 0 Å². The molecule has 3 aromatic heterocycles. The van der Waals surface area contributed by atoms with Crippen molar-refractivity contribution < 1.29 is 4.42 Å². The van der Waals surface area contributed by atoms with Crippen molar-refractivity contribution in [1.29, 1.82) is 0 Å². The van der Waals surface area contributed by atoms with Gasteiger partial charge in [-0.15, -0.1) is 0 Å². The molecule has 18 heavy (non-hydrogen) atoms. The van der Waals surface area contributed by atoms with Crippen LogP contribution in [-0.4, -0.2) is 19.5 Å². The number of imidazole rings is 1. The van der Waals surface area contributed by atoms with Gasteiger partial charge in [-0.2, -0.15) is 0 Å². The van der Waals surface area contributed by atoms with Gasteiger partial charge in [0.2, 0.25) is 5.89 Å². The van der Waals surface area contributed by atoms with Crippen molar-refractivity contribution in [1.82, 2.24) is 19.5 Å². The molecule has 0 bridgehead atoms. The number of pyridine rings is 1. The molecule has 92 valence electrons. The molecule has 0 atom stereocenters. The van der Waals surface area contributed by atoms with E-state index >= 15 is 0 Å². The standard InChI is InChI=1S/C12H12N4OS/c1-7-8(2)17-10(14-7)6-16-11-9(15-12(16)18)4-3-5-13-11/h3-5H,6H2,1-2H3,(H,15,18). The number of hydrogen-bond acceptors (Lipinski definition) is 4. The van der Waals surface area contributed by atoms with Crippen molar-refractivity contribution in [2.45, 2.75) is 20.4 Å². The summed E-state index contributed by atoms with van der Waals surface area (Å²) >= 11 is 5.29. The summed E-state index contributed by atoms with van der Waals surface area (Å²) in [4.78, 5) is 11.8. The first-order valence-corrected chi connectivity index (χ1v) is 6.02. The van der Waals surface area contributed by atoms with E-state index in [-0.39, 0.29) is 0 Å². The summed E-state index contributed by atoms with van der Waals surface area (Å²) in [6.45, 7) is 4.32. The average Bonchev–Trinajstić information content (AvgIpc) is 2.82. The van der Waals surface area contributed by atoms with Crippen LogP contribution in [0.3, 0.4) is 0 Å². The molecule has 0 spiro atoms. The lowest BCUT2D eigenvalue weighted by Gasteiger charge is -1.99. The van der Waals surface area contributed by atoms with Gasteiger partial charge in [0.1, 0.15) is 12.3 Å². The Morgan fingerprint density at radius 2 is 2.28 bits per heavy atom. The summed E-state index contributed by atoms with van der Waals surface area (Å²) in [5.41, 5.74) is 2.64. The number of oxazole rings is 1. The van der Waals surface area contributed by atoms with Crippen molar-refractivity contribution in [3.05, 3.63) is 40.4 Å². The highest BCUT2D eigenvalue weighted by atomic mass is 32.1.